The fourth-order valence-corrected chi connectivity index (χ4v) is 1.84. The highest BCUT2D eigenvalue weighted by atomic mass is 15.2. The largest absolute Gasteiger partial charge is 0.288 e. The third-order valence-electron chi connectivity index (χ3n) is 2.69. The van der Waals surface area contributed by atoms with Crippen molar-refractivity contribution in [2.24, 2.45) is 0 Å². The Bertz CT molecular complexity index is 551. The molecule has 0 atom stereocenters. The van der Waals surface area contributed by atoms with Crippen molar-refractivity contribution >= 4 is 0 Å². The maximum absolute atomic E-state index is 9.30. The predicted octanol–water partition coefficient (Wildman–Crippen LogP) is 1.66. The van der Waals surface area contributed by atoms with Crippen LogP contribution in [-0.2, 0) is 12.8 Å². The van der Waals surface area contributed by atoms with Crippen LogP contribution in [0.1, 0.15) is 30.7 Å². The van der Waals surface area contributed by atoms with Gasteiger partial charge in [0, 0.05) is 12.4 Å². The summed E-state index contributed by atoms with van der Waals surface area (Å²) in [5.41, 5.74) is 2.47. The quantitative estimate of drug-likeness (QED) is 0.799. The van der Waals surface area contributed by atoms with Crippen molar-refractivity contribution < 1.29 is 0 Å². The summed E-state index contributed by atoms with van der Waals surface area (Å²) in [5, 5.41) is 17.6. The highest BCUT2D eigenvalue weighted by molar-refractivity contribution is 5.50. The molecule has 0 saturated carbocycles. The minimum Gasteiger partial charge on any atom is -0.288 e. The van der Waals surface area contributed by atoms with Gasteiger partial charge in [-0.05, 0) is 18.4 Å². The minimum atomic E-state index is 0.555. The van der Waals surface area contributed by atoms with Gasteiger partial charge < -0.3 is 0 Å². The van der Waals surface area contributed by atoms with Gasteiger partial charge in [0.25, 0.3) is 0 Å². The summed E-state index contributed by atoms with van der Waals surface area (Å²) < 4.78 is 1.71. The van der Waals surface area contributed by atoms with Gasteiger partial charge in [0.05, 0.1) is 5.69 Å². The Morgan fingerprint density at radius 1 is 1.29 bits per heavy atom. The molecule has 0 aliphatic carbocycles. The van der Waals surface area contributed by atoms with Crippen LogP contribution in [0.4, 0.5) is 0 Å². The van der Waals surface area contributed by atoms with Crippen molar-refractivity contribution in [1.82, 2.24) is 19.7 Å². The fourth-order valence-electron chi connectivity index (χ4n) is 1.84. The molecule has 5 heteroatoms. The second-order valence-electron chi connectivity index (χ2n) is 3.61. The van der Waals surface area contributed by atoms with Gasteiger partial charge in [-0.15, -0.1) is 5.10 Å². The number of nitrogens with zero attached hydrogens (tertiary/aromatic N) is 5. The Hall–Kier alpha value is -2.22. The lowest BCUT2D eigenvalue weighted by Gasteiger charge is -2.10. The molecular formula is C12H13N5. The minimum absolute atomic E-state index is 0.555. The van der Waals surface area contributed by atoms with Gasteiger partial charge in [-0.25, -0.2) is 4.98 Å². The number of aryl methyl sites for hydroxylation is 1. The van der Waals surface area contributed by atoms with Crippen LogP contribution in [0, 0.1) is 11.3 Å². The summed E-state index contributed by atoms with van der Waals surface area (Å²) in [6.45, 7) is 4.04. The van der Waals surface area contributed by atoms with Crippen molar-refractivity contribution in [2.45, 2.75) is 26.7 Å². The molecule has 17 heavy (non-hydrogen) atoms. The maximum Gasteiger partial charge on any atom is 0.178 e. The zero-order valence-electron chi connectivity index (χ0n) is 9.88. The first-order chi connectivity index (χ1) is 8.31. The molecule has 5 nitrogen and oxygen atoms in total. The van der Waals surface area contributed by atoms with Crippen molar-refractivity contribution in [1.29, 1.82) is 5.26 Å². The van der Waals surface area contributed by atoms with Crippen molar-refractivity contribution in [3.8, 4) is 11.9 Å². The lowest BCUT2D eigenvalue weighted by atomic mass is 10.0. The van der Waals surface area contributed by atoms with E-state index in [1.165, 1.54) is 0 Å². The van der Waals surface area contributed by atoms with Gasteiger partial charge in [-0.3, -0.25) is 4.57 Å². The van der Waals surface area contributed by atoms with Crippen molar-refractivity contribution in [3.63, 3.8) is 0 Å². The Kier molecular flexibility index (Phi) is 3.15. The standard InChI is InChI=1S/C12H13N5/c1-3-9-10(7-13)12(16-15-11(9)4-2)17-6-5-14-8-17/h5-6,8H,3-4H2,1-2H3. The number of hydrogen-bond acceptors (Lipinski definition) is 4. The van der Waals surface area contributed by atoms with Gasteiger partial charge in [0.1, 0.15) is 18.0 Å². The summed E-state index contributed by atoms with van der Waals surface area (Å²) >= 11 is 0. The average Bonchev–Trinajstić information content (AvgIpc) is 2.90. The Morgan fingerprint density at radius 3 is 2.65 bits per heavy atom. The van der Waals surface area contributed by atoms with Crippen LogP contribution in [0.25, 0.3) is 5.82 Å². The Balaban J connectivity index is 2.67. The normalized spacial score (nSPS) is 10.2. The smallest absolute Gasteiger partial charge is 0.178 e. The number of aromatic nitrogens is 4. The molecule has 0 spiro atoms. The summed E-state index contributed by atoms with van der Waals surface area (Å²) in [7, 11) is 0. The van der Waals surface area contributed by atoms with Gasteiger partial charge >= 0.3 is 0 Å². The molecule has 2 aromatic heterocycles. The first kappa shape index (κ1) is 11.3. The molecule has 86 valence electrons. The van der Waals surface area contributed by atoms with Gasteiger partial charge in [-0.2, -0.15) is 10.4 Å². The van der Waals surface area contributed by atoms with E-state index in [9.17, 15) is 5.26 Å². The van der Waals surface area contributed by atoms with Crippen LogP contribution in [-0.4, -0.2) is 19.7 Å². The van der Waals surface area contributed by atoms with Crippen molar-refractivity contribution in [2.75, 3.05) is 0 Å². The van der Waals surface area contributed by atoms with Gasteiger partial charge in [-0.1, -0.05) is 13.8 Å². The second-order valence-corrected chi connectivity index (χ2v) is 3.61. The highest BCUT2D eigenvalue weighted by Gasteiger charge is 2.14. The van der Waals surface area contributed by atoms with Crippen molar-refractivity contribution in [3.05, 3.63) is 35.5 Å². The molecule has 2 heterocycles. The van der Waals surface area contributed by atoms with Crippen LogP contribution >= 0.6 is 0 Å². The molecule has 0 bridgehead atoms. The highest BCUT2D eigenvalue weighted by Crippen LogP contribution is 2.18. The maximum atomic E-state index is 9.30. The summed E-state index contributed by atoms with van der Waals surface area (Å²) in [6.07, 6.45) is 6.60. The molecule has 0 aliphatic rings. The van der Waals surface area contributed by atoms with E-state index in [2.05, 4.69) is 21.3 Å². The van der Waals surface area contributed by atoms with E-state index < -0.39 is 0 Å². The van der Waals surface area contributed by atoms with E-state index >= 15 is 0 Å². The molecule has 0 N–H and O–H groups in total. The number of imidazole rings is 1. The molecule has 0 radical (unpaired) electrons. The number of rotatable bonds is 3. The topological polar surface area (TPSA) is 67.4 Å². The molecule has 0 fully saturated rings. The molecular weight excluding hydrogens is 214 g/mol. The SMILES string of the molecule is CCc1nnc(-n2ccnc2)c(C#N)c1CC. The summed E-state index contributed by atoms with van der Waals surface area (Å²) in [4.78, 5) is 3.96. The van der Waals surface area contributed by atoms with E-state index in [0.717, 1.165) is 24.1 Å². The second kappa shape index (κ2) is 4.74. The van der Waals surface area contributed by atoms with E-state index in [1.807, 2.05) is 13.8 Å². The van der Waals surface area contributed by atoms with Crippen LogP contribution in [0.15, 0.2) is 18.7 Å². The van der Waals surface area contributed by atoms with Gasteiger partial charge in [0.15, 0.2) is 5.82 Å². The summed E-state index contributed by atoms with van der Waals surface area (Å²) in [6, 6.07) is 2.23. The first-order valence-electron chi connectivity index (χ1n) is 5.58. The third-order valence-corrected chi connectivity index (χ3v) is 2.69. The average molecular weight is 227 g/mol. The Morgan fingerprint density at radius 2 is 2.12 bits per heavy atom. The zero-order valence-corrected chi connectivity index (χ0v) is 9.88. The van der Waals surface area contributed by atoms with Crippen LogP contribution in [0.3, 0.4) is 0 Å². The zero-order chi connectivity index (χ0) is 12.3. The molecule has 0 amide bonds. The lowest BCUT2D eigenvalue weighted by Crippen LogP contribution is -2.08. The molecule has 2 rings (SSSR count). The molecule has 0 unspecified atom stereocenters. The Labute approximate surface area is 99.8 Å². The molecule has 0 aliphatic heterocycles. The molecule has 2 aromatic rings. The number of nitriles is 1. The van der Waals surface area contributed by atoms with Crippen LogP contribution < -0.4 is 0 Å². The van der Waals surface area contributed by atoms with Gasteiger partial charge in [0.2, 0.25) is 0 Å². The summed E-state index contributed by atoms with van der Waals surface area (Å²) in [5.74, 6) is 0.555. The number of hydrogen-bond donors (Lipinski definition) is 0. The first-order valence-corrected chi connectivity index (χ1v) is 5.58. The molecule has 0 saturated heterocycles. The predicted molar refractivity (Wildman–Crippen MR) is 62.6 cm³/mol. The van der Waals surface area contributed by atoms with E-state index in [4.69, 9.17) is 0 Å². The van der Waals surface area contributed by atoms with Crippen LogP contribution in [0.2, 0.25) is 0 Å². The fraction of sp³-hybridized carbons (Fsp3) is 0.333. The monoisotopic (exact) mass is 227 g/mol. The van der Waals surface area contributed by atoms with E-state index in [0.29, 0.717) is 11.4 Å². The molecule has 0 aromatic carbocycles. The third kappa shape index (κ3) is 1.89. The van der Waals surface area contributed by atoms with E-state index in [-0.39, 0.29) is 0 Å². The van der Waals surface area contributed by atoms with Crippen LogP contribution in [0.5, 0.6) is 0 Å². The van der Waals surface area contributed by atoms with E-state index in [1.54, 1.807) is 23.3 Å². The lowest BCUT2D eigenvalue weighted by molar-refractivity contribution is 0.829.